The number of nitrogens with zero attached hydrogens (tertiary/aromatic N) is 2. The quantitative estimate of drug-likeness (QED) is 0.442. The molecule has 0 amide bonds. The molecule has 0 bridgehead atoms. The van der Waals surface area contributed by atoms with Crippen LogP contribution in [0, 0.1) is 18.3 Å². The number of hydrogen-bond donors (Lipinski definition) is 1. The fraction of sp³-hybridized carbons (Fsp3) is 0.632. The highest BCUT2D eigenvalue weighted by Gasteiger charge is 2.59. The Kier molecular flexibility index (Phi) is 6.18. The lowest BCUT2D eigenvalue weighted by molar-refractivity contribution is -0.107. The smallest absolute Gasteiger partial charge is 0.193 e. The normalized spacial score (nSPS) is 27.7. The van der Waals surface area contributed by atoms with Crippen LogP contribution in [0.2, 0.25) is 0 Å². The van der Waals surface area contributed by atoms with Crippen molar-refractivity contribution >= 4 is 29.9 Å². The number of guanidine groups is 1. The second-order valence-corrected chi connectivity index (χ2v) is 7.52. The van der Waals surface area contributed by atoms with Crippen molar-refractivity contribution in [3.05, 3.63) is 35.4 Å². The molecule has 1 saturated heterocycles. The van der Waals surface area contributed by atoms with E-state index in [1.807, 2.05) is 7.05 Å². The lowest BCUT2D eigenvalue weighted by atomic mass is 9.57. The maximum Gasteiger partial charge on any atom is 0.193 e. The average molecular weight is 443 g/mol. The third-order valence-corrected chi connectivity index (χ3v) is 5.63. The summed E-state index contributed by atoms with van der Waals surface area (Å²) in [5.74, 6) is 1.59. The third kappa shape index (κ3) is 3.43. The first-order valence-corrected chi connectivity index (χ1v) is 8.55. The van der Waals surface area contributed by atoms with E-state index >= 15 is 0 Å². The van der Waals surface area contributed by atoms with Crippen molar-refractivity contribution in [2.75, 3.05) is 20.7 Å². The Labute approximate surface area is 163 Å². The number of aryl methyl sites for hydroxylation is 1. The molecule has 1 saturated carbocycles. The molecule has 0 aromatic heterocycles. The Balaban J connectivity index is 0.00000208. The van der Waals surface area contributed by atoms with Crippen molar-refractivity contribution < 1.29 is 4.74 Å². The van der Waals surface area contributed by atoms with Crippen LogP contribution in [0.25, 0.3) is 0 Å². The molecule has 3 atom stereocenters. The van der Waals surface area contributed by atoms with Crippen LogP contribution >= 0.6 is 24.0 Å². The van der Waals surface area contributed by atoms with E-state index in [2.05, 4.69) is 67.3 Å². The zero-order valence-electron chi connectivity index (χ0n) is 15.4. The summed E-state index contributed by atoms with van der Waals surface area (Å²) in [6.45, 7) is 8.52. The van der Waals surface area contributed by atoms with Gasteiger partial charge in [0.2, 0.25) is 0 Å². The van der Waals surface area contributed by atoms with Gasteiger partial charge in [-0.25, -0.2) is 0 Å². The van der Waals surface area contributed by atoms with E-state index in [0.29, 0.717) is 18.1 Å². The molecular weight excluding hydrogens is 413 g/mol. The van der Waals surface area contributed by atoms with Crippen LogP contribution in [0.3, 0.4) is 0 Å². The molecule has 2 aliphatic rings. The highest BCUT2D eigenvalue weighted by molar-refractivity contribution is 14.0. The number of rotatable bonds is 3. The van der Waals surface area contributed by atoms with Gasteiger partial charge < -0.3 is 15.0 Å². The number of aliphatic imine (C=N–C) groups is 1. The van der Waals surface area contributed by atoms with Gasteiger partial charge in [0.15, 0.2) is 5.96 Å². The van der Waals surface area contributed by atoms with Crippen molar-refractivity contribution in [2.45, 2.75) is 45.9 Å². The standard InChI is InChI=1S/C19H29N3O.HI/c1-13-8-6-7-9-14(13)12-22(5)18(20-4)21-16-15-10-11-23-17(15)19(16,2)3;/h6-9,15-17H,10-12H2,1-5H3,(H,20,21);1H. The second kappa shape index (κ2) is 7.60. The van der Waals surface area contributed by atoms with Gasteiger partial charge in [-0.05, 0) is 24.5 Å². The molecule has 1 aliphatic carbocycles. The first-order valence-electron chi connectivity index (χ1n) is 8.55. The van der Waals surface area contributed by atoms with Crippen molar-refractivity contribution in [1.29, 1.82) is 0 Å². The number of nitrogens with one attached hydrogen (secondary N) is 1. The Bertz CT molecular complexity index is 602. The second-order valence-electron chi connectivity index (χ2n) is 7.52. The summed E-state index contributed by atoms with van der Waals surface area (Å²) >= 11 is 0. The van der Waals surface area contributed by atoms with Crippen molar-refractivity contribution in [3.63, 3.8) is 0 Å². The predicted octanol–water partition coefficient (Wildman–Crippen LogP) is 3.43. The Morgan fingerprint density at radius 3 is 2.75 bits per heavy atom. The van der Waals surface area contributed by atoms with E-state index in [4.69, 9.17) is 4.74 Å². The monoisotopic (exact) mass is 443 g/mol. The minimum Gasteiger partial charge on any atom is -0.377 e. The lowest BCUT2D eigenvalue weighted by Gasteiger charge is -2.55. The molecule has 5 heteroatoms. The minimum absolute atomic E-state index is 0. The molecule has 1 N–H and O–H groups in total. The van der Waals surface area contributed by atoms with Gasteiger partial charge in [-0.2, -0.15) is 0 Å². The van der Waals surface area contributed by atoms with Gasteiger partial charge in [0.25, 0.3) is 0 Å². The Hall–Kier alpha value is -0.820. The van der Waals surface area contributed by atoms with E-state index in [9.17, 15) is 0 Å². The molecule has 4 nitrogen and oxygen atoms in total. The van der Waals surface area contributed by atoms with Crippen LogP contribution in [0.15, 0.2) is 29.3 Å². The summed E-state index contributed by atoms with van der Waals surface area (Å²) in [7, 11) is 3.97. The van der Waals surface area contributed by atoms with Gasteiger partial charge in [-0.1, -0.05) is 38.1 Å². The number of halogens is 1. The molecule has 3 rings (SSSR count). The molecule has 1 aliphatic heterocycles. The topological polar surface area (TPSA) is 36.9 Å². The molecule has 3 unspecified atom stereocenters. The molecule has 134 valence electrons. The van der Waals surface area contributed by atoms with E-state index in [1.165, 1.54) is 11.1 Å². The zero-order chi connectivity index (χ0) is 16.6. The molecule has 0 radical (unpaired) electrons. The minimum atomic E-state index is 0. The summed E-state index contributed by atoms with van der Waals surface area (Å²) < 4.78 is 5.89. The molecule has 24 heavy (non-hydrogen) atoms. The first kappa shape index (κ1) is 19.5. The molecule has 1 aromatic rings. The fourth-order valence-corrected chi connectivity index (χ4v) is 4.22. The fourth-order valence-electron chi connectivity index (χ4n) is 4.22. The van der Waals surface area contributed by atoms with E-state index in [-0.39, 0.29) is 29.4 Å². The summed E-state index contributed by atoms with van der Waals surface area (Å²) in [5, 5.41) is 3.70. The molecule has 0 spiro atoms. The molecule has 1 aromatic carbocycles. The molecule has 2 fully saturated rings. The number of ether oxygens (including phenoxy) is 1. The van der Waals surface area contributed by atoms with E-state index in [1.54, 1.807) is 0 Å². The van der Waals surface area contributed by atoms with Crippen molar-refractivity contribution in [2.24, 2.45) is 16.3 Å². The maximum absolute atomic E-state index is 5.89. The highest BCUT2D eigenvalue weighted by atomic mass is 127. The predicted molar refractivity (Wildman–Crippen MR) is 110 cm³/mol. The van der Waals surface area contributed by atoms with Gasteiger partial charge in [-0.15, -0.1) is 24.0 Å². The molecular formula is C19H30IN3O. The lowest BCUT2D eigenvalue weighted by Crippen LogP contribution is -2.67. The van der Waals surface area contributed by atoms with Gasteiger partial charge in [0, 0.05) is 44.6 Å². The van der Waals surface area contributed by atoms with Gasteiger partial charge in [0.05, 0.1) is 6.10 Å². The SMILES string of the molecule is CN=C(NC1C2CCOC2C1(C)C)N(C)Cc1ccccc1C.I. The van der Waals surface area contributed by atoms with Crippen LogP contribution in [-0.2, 0) is 11.3 Å². The number of hydrogen-bond acceptors (Lipinski definition) is 2. The van der Waals surface area contributed by atoms with Crippen LogP contribution in [0.4, 0.5) is 0 Å². The third-order valence-electron chi connectivity index (χ3n) is 5.63. The van der Waals surface area contributed by atoms with Crippen LogP contribution in [0.5, 0.6) is 0 Å². The Morgan fingerprint density at radius 1 is 1.38 bits per heavy atom. The van der Waals surface area contributed by atoms with Gasteiger partial charge in [-0.3, -0.25) is 4.99 Å². The van der Waals surface area contributed by atoms with Gasteiger partial charge >= 0.3 is 0 Å². The first-order chi connectivity index (χ1) is 10.9. The average Bonchev–Trinajstić information content (AvgIpc) is 2.97. The summed E-state index contributed by atoms with van der Waals surface area (Å²) in [6.07, 6.45) is 1.56. The number of benzene rings is 1. The number of fused-ring (bicyclic) bond motifs is 1. The molecule has 1 heterocycles. The highest BCUT2D eigenvalue weighted by Crippen LogP contribution is 2.52. The maximum atomic E-state index is 5.89. The van der Waals surface area contributed by atoms with Crippen molar-refractivity contribution in [3.8, 4) is 0 Å². The summed E-state index contributed by atoms with van der Waals surface area (Å²) in [4.78, 5) is 6.72. The van der Waals surface area contributed by atoms with E-state index < -0.39 is 0 Å². The van der Waals surface area contributed by atoms with Crippen LogP contribution in [-0.4, -0.2) is 43.7 Å². The van der Waals surface area contributed by atoms with Crippen LogP contribution < -0.4 is 5.32 Å². The summed E-state index contributed by atoms with van der Waals surface area (Å²) in [5.41, 5.74) is 2.83. The van der Waals surface area contributed by atoms with E-state index in [0.717, 1.165) is 25.5 Å². The zero-order valence-corrected chi connectivity index (χ0v) is 17.7. The van der Waals surface area contributed by atoms with Crippen LogP contribution in [0.1, 0.15) is 31.4 Å². The summed E-state index contributed by atoms with van der Waals surface area (Å²) in [6, 6.07) is 8.97. The Morgan fingerprint density at radius 2 is 2.08 bits per heavy atom. The van der Waals surface area contributed by atoms with Crippen molar-refractivity contribution in [1.82, 2.24) is 10.2 Å². The van der Waals surface area contributed by atoms with Gasteiger partial charge in [0.1, 0.15) is 0 Å². The largest absolute Gasteiger partial charge is 0.377 e.